The fraction of sp³-hybridized carbons (Fsp3) is 0.182. The van der Waals surface area contributed by atoms with Crippen LogP contribution in [0.25, 0.3) is 39.0 Å². The third-order valence-electron chi connectivity index (χ3n) is 6.88. The van der Waals surface area contributed by atoms with Crippen LogP contribution in [-0.4, -0.2) is 88.9 Å². The molecule has 58 heavy (non-hydrogen) atoms. The summed E-state index contributed by atoms with van der Waals surface area (Å²) in [6.07, 6.45) is 0. The van der Waals surface area contributed by atoms with Gasteiger partial charge in [-0.25, -0.2) is 29.3 Å². The van der Waals surface area contributed by atoms with Gasteiger partial charge in [-0.05, 0) is 90.0 Å². The molecule has 3 aromatic heterocycles. The Bertz CT molecular complexity index is 2680. The van der Waals surface area contributed by atoms with Crippen molar-refractivity contribution in [2.24, 2.45) is 0 Å². The number of aromatic carboxylic acids is 1. The molecule has 2 unspecified atom stereocenters. The maximum absolute atomic E-state index is 11.7. The zero-order valence-electron chi connectivity index (χ0n) is 30.4. The molecule has 3 heterocycles. The summed E-state index contributed by atoms with van der Waals surface area (Å²) in [5.74, 6) is 1.51. The monoisotopic (exact) mass is 977 g/mol. The van der Waals surface area contributed by atoms with Crippen LogP contribution in [0.3, 0.4) is 0 Å². The number of nitrogens with one attached hydrogen (secondary N) is 4. The van der Waals surface area contributed by atoms with Crippen LogP contribution < -0.4 is 68.1 Å². The molecule has 0 fully saturated rings. The molecule has 0 spiro atoms. The van der Waals surface area contributed by atoms with Gasteiger partial charge in [0.05, 0.1) is 46.3 Å². The summed E-state index contributed by atoms with van der Waals surface area (Å²) in [6.45, 7) is 3.66. The second kappa shape index (κ2) is 24.2. The zero-order valence-corrected chi connectivity index (χ0v) is 37.3. The number of hydrogen-bond donors (Lipinski definition) is 5. The molecular weight excluding hydrogens is 949 g/mol. The minimum absolute atomic E-state index is 0. The first-order chi connectivity index (χ1) is 27.1. The van der Waals surface area contributed by atoms with Crippen molar-refractivity contribution in [2.45, 2.75) is 25.4 Å². The Morgan fingerprint density at radius 1 is 0.672 bits per heavy atom. The normalized spacial score (nSPS) is 11.3. The number of esters is 2. The standard InChI is InChI=1S/C12H12N2O5S.C11H9IN2O3.C10H8N2O5S.K.H2NO/c1-2-19-12(16)10-11(15)14-9-5-7(6-20(17)18)3-4-8(9)13-10;1-2-17-11(16)9-10(15)14-8-5-6(12)3-4-7(8)13-9;13-9-8(10(14)15)11-6-2-1-5(4-18(16)17)3-7(6)12-9;;1-2/h3-5H,2,6H2,1H3,(H,14,15)(H,17,18);3-5H,2H2,1H3,(H,14,15);1-3H,4H2,(H,12,13)(H,14,15)(H,16,17);;1-2H/q;;;+1;-1/p-2. The number of H-pyrrole nitrogens is 3. The molecule has 6 rings (SSSR count). The molecule has 0 aliphatic heterocycles. The van der Waals surface area contributed by atoms with E-state index in [1.165, 1.54) is 30.3 Å². The van der Waals surface area contributed by atoms with E-state index < -0.39 is 62.4 Å². The molecule has 302 valence electrons. The van der Waals surface area contributed by atoms with Gasteiger partial charge in [0, 0.05) is 15.1 Å². The van der Waals surface area contributed by atoms with Crippen molar-refractivity contribution in [3.05, 3.63) is 123 Å². The van der Waals surface area contributed by atoms with Gasteiger partial charge in [-0.3, -0.25) is 22.8 Å². The zero-order chi connectivity index (χ0) is 42.4. The Kier molecular flexibility index (Phi) is 20.9. The number of benzene rings is 3. The van der Waals surface area contributed by atoms with Crippen LogP contribution in [0.2, 0.25) is 0 Å². The van der Waals surface area contributed by atoms with Gasteiger partial charge >= 0.3 is 69.3 Å². The predicted octanol–water partition coefficient (Wildman–Crippen LogP) is -0.384. The summed E-state index contributed by atoms with van der Waals surface area (Å²) in [5.41, 5.74) is 0.360. The van der Waals surface area contributed by atoms with E-state index in [0.29, 0.717) is 38.7 Å². The van der Waals surface area contributed by atoms with Gasteiger partial charge in [0.15, 0.2) is 0 Å². The van der Waals surface area contributed by atoms with Crippen LogP contribution in [0.4, 0.5) is 0 Å². The van der Waals surface area contributed by atoms with Crippen molar-refractivity contribution in [2.75, 3.05) is 13.2 Å². The molecule has 3 aromatic carbocycles. The average Bonchev–Trinajstić information content (AvgIpc) is 3.15. The van der Waals surface area contributed by atoms with Crippen LogP contribution in [0.5, 0.6) is 0 Å². The molecule has 0 saturated carbocycles. The second-order valence-corrected chi connectivity index (χ2v) is 13.8. The molecule has 0 radical (unpaired) electrons. The van der Waals surface area contributed by atoms with Gasteiger partial charge in [-0.1, -0.05) is 34.3 Å². The first-order valence-corrected chi connectivity index (χ1v) is 19.3. The minimum Gasteiger partial charge on any atom is -0.772 e. The SMILES string of the molecule is CCOC(=O)c1nc2ccc(CS(=O)[O-])cc2[nH]c1=O.CCOC(=O)c1nc2ccc(I)cc2[nH]c1=O.O=C(O)c1nc2ccc(CS(=O)[O-])cc2[nH]c1=O.[K+].[NH-]O. The molecule has 6 aromatic rings. The molecule has 0 aliphatic carbocycles. The van der Waals surface area contributed by atoms with Gasteiger partial charge in [0.1, 0.15) is 0 Å². The smallest absolute Gasteiger partial charge is 0.772 e. The van der Waals surface area contributed by atoms with E-state index in [1.54, 1.807) is 32.0 Å². The van der Waals surface area contributed by atoms with Crippen LogP contribution in [0.15, 0.2) is 69.0 Å². The number of aromatic nitrogens is 6. The Hall–Kier alpha value is -4.00. The second-order valence-electron chi connectivity index (χ2n) is 10.8. The topological polar surface area (TPSA) is 351 Å². The molecule has 0 aliphatic rings. The summed E-state index contributed by atoms with van der Waals surface area (Å²) in [7, 11) is 0. The van der Waals surface area contributed by atoms with E-state index in [0.717, 1.165) is 3.57 Å². The van der Waals surface area contributed by atoms with Crippen LogP contribution >= 0.6 is 22.6 Å². The fourth-order valence-corrected chi connectivity index (χ4v) is 5.99. The van der Waals surface area contributed by atoms with E-state index in [4.69, 9.17) is 25.7 Å². The molecule has 0 saturated heterocycles. The van der Waals surface area contributed by atoms with Gasteiger partial charge < -0.3 is 49.7 Å². The number of carbonyl (C=O) groups excluding carboxylic acids is 2. The van der Waals surface area contributed by atoms with Gasteiger partial charge in [-0.15, -0.1) is 0 Å². The molecule has 6 N–H and O–H groups in total. The number of rotatable bonds is 9. The van der Waals surface area contributed by atoms with Crippen molar-refractivity contribution in [3.8, 4) is 0 Å². The first-order valence-electron chi connectivity index (χ1n) is 15.8. The van der Waals surface area contributed by atoms with E-state index in [9.17, 15) is 46.3 Å². The van der Waals surface area contributed by atoms with Crippen LogP contribution in [0.1, 0.15) is 56.4 Å². The number of fused-ring (bicyclic) bond motifs is 3. The van der Waals surface area contributed by atoms with E-state index >= 15 is 0 Å². The number of carboxylic acid groups (broad SMARTS) is 1. The van der Waals surface area contributed by atoms with Crippen molar-refractivity contribution in [1.82, 2.24) is 29.9 Å². The third kappa shape index (κ3) is 14.4. The molecule has 25 heteroatoms. The van der Waals surface area contributed by atoms with E-state index in [1.807, 2.05) is 6.07 Å². The average molecular weight is 978 g/mol. The Labute approximate surface area is 386 Å². The van der Waals surface area contributed by atoms with Crippen molar-refractivity contribution in [3.63, 3.8) is 0 Å². The fourth-order valence-electron chi connectivity index (χ4n) is 4.60. The number of halogens is 1. The van der Waals surface area contributed by atoms with Crippen molar-refractivity contribution in [1.29, 1.82) is 0 Å². The summed E-state index contributed by atoms with van der Waals surface area (Å²) in [4.78, 5) is 87.6. The van der Waals surface area contributed by atoms with Crippen molar-refractivity contribution >= 4 is 95.8 Å². The number of nitrogens with zero attached hydrogens (tertiary/aromatic N) is 3. The third-order valence-corrected chi connectivity index (χ3v) is 8.69. The quantitative estimate of drug-likeness (QED) is 0.0405. The maximum Gasteiger partial charge on any atom is 1.00 e. The van der Waals surface area contributed by atoms with E-state index in [2.05, 4.69) is 52.5 Å². The minimum atomic E-state index is -2.23. The largest absolute Gasteiger partial charge is 1.00 e. The number of carboxylic acids is 1. The Morgan fingerprint density at radius 3 is 1.38 bits per heavy atom. The van der Waals surface area contributed by atoms with Gasteiger partial charge in [-0.2, -0.15) is 0 Å². The maximum atomic E-state index is 11.7. The molecule has 21 nitrogen and oxygen atoms in total. The Morgan fingerprint density at radius 2 is 1.02 bits per heavy atom. The molecular formula is C33H29IKN7O14S2-2. The predicted molar refractivity (Wildman–Crippen MR) is 210 cm³/mol. The summed E-state index contributed by atoms with van der Waals surface area (Å²) < 4.78 is 52.8. The molecule has 2 atom stereocenters. The number of aromatic amines is 3. The number of hydrogen-bond acceptors (Lipinski definition) is 16. The van der Waals surface area contributed by atoms with Crippen LogP contribution in [0, 0.1) is 3.57 Å². The van der Waals surface area contributed by atoms with Gasteiger partial charge in [0.25, 0.3) is 16.7 Å². The summed E-state index contributed by atoms with van der Waals surface area (Å²) in [6, 6.07) is 14.4. The molecule has 0 bridgehead atoms. The molecule has 0 amide bonds. The van der Waals surface area contributed by atoms with E-state index in [-0.39, 0.29) is 93.0 Å². The summed E-state index contributed by atoms with van der Waals surface area (Å²) in [5, 5.41) is 15.0. The number of carbonyl (C=O) groups is 3. The number of ether oxygens (including phenoxy) is 2. The first kappa shape index (κ1) is 50.1. The van der Waals surface area contributed by atoms with Crippen molar-refractivity contribution < 1.29 is 103 Å². The van der Waals surface area contributed by atoms with Crippen LogP contribution in [-0.2, 0) is 43.1 Å². The van der Waals surface area contributed by atoms with Gasteiger partial charge in [0.2, 0.25) is 17.1 Å². The Balaban J connectivity index is 0.000000292. The summed E-state index contributed by atoms with van der Waals surface area (Å²) >= 11 is -2.32.